The summed E-state index contributed by atoms with van der Waals surface area (Å²) in [5.74, 6) is 2.45. The SMILES string of the molecule is COc1ccc(-n2c(C)nnc2SCC(=O)NCC(CC(C)C)N2CCOCC2)cc1. The molecule has 1 aliphatic rings. The fourth-order valence-electron chi connectivity index (χ4n) is 3.73. The van der Waals surface area contributed by atoms with Gasteiger partial charge in [-0.1, -0.05) is 25.6 Å². The molecule has 1 amide bonds. The van der Waals surface area contributed by atoms with Crippen molar-refractivity contribution in [2.75, 3.05) is 45.7 Å². The van der Waals surface area contributed by atoms with Crippen molar-refractivity contribution in [1.82, 2.24) is 25.0 Å². The summed E-state index contributed by atoms with van der Waals surface area (Å²) in [5, 5.41) is 12.3. The van der Waals surface area contributed by atoms with Crippen molar-refractivity contribution in [2.45, 2.75) is 38.4 Å². The molecule has 31 heavy (non-hydrogen) atoms. The van der Waals surface area contributed by atoms with Gasteiger partial charge in [-0.25, -0.2) is 0 Å². The Morgan fingerprint density at radius 3 is 2.58 bits per heavy atom. The van der Waals surface area contributed by atoms with Crippen LogP contribution in [0.3, 0.4) is 0 Å². The van der Waals surface area contributed by atoms with Gasteiger partial charge in [-0.05, 0) is 43.5 Å². The number of hydrogen-bond donors (Lipinski definition) is 1. The lowest BCUT2D eigenvalue weighted by Crippen LogP contribution is -2.49. The number of benzene rings is 1. The highest BCUT2D eigenvalue weighted by atomic mass is 32.2. The Hall–Kier alpha value is -2.10. The van der Waals surface area contributed by atoms with Crippen LogP contribution in [0.2, 0.25) is 0 Å². The minimum absolute atomic E-state index is 0.00829. The highest BCUT2D eigenvalue weighted by Gasteiger charge is 2.22. The molecule has 0 bridgehead atoms. The van der Waals surface area contributed by atoms with Crippen LogP contribution in [0.4, 0.5) is 0 Å². The van der Waals surface area contributed by atoms with Gasteiger partial charge in [-0.2, -0.15) is 0 Å². The molecule has 0 saturated carbocycles. The number of methoxy groups -OCH3 is 1. The Labute approximate surface area is 188 Å². The van der Waals surface area contributed by atoms with E-state index in [2.05, 4.69) is 34.3 Å². The normalized spacial score (nSPS) is 15.8. The predicted octanol–water partition coefficient (Wildman–Crippen LogP) is 2.54. The Kier molecular flexibility index (Phi) is 8.74. The van der Waals surface area contributed by atoms with Crippen molar-refractivity contribution >= 4 is 17.7 Å². The zero-order valence-corrected chi connectivity index (χ0v) is 19.7. The third-order valence-electron chi connectivity index (χ3n) is 5.30. The van der Waals surface area contributed by atoms with Gasteiger partial charge in [0.25, 0.3) is 0 Å². The van der Waals surface area contributed by atoms with Crippen molar-refractivity contribution in [2.24, 2.45) is 5.92 Å². The highest BCUT2D eigenvalue weighted by Crippen LogP contribution is 2.23. The molecule has 170 valence electrons. The third-order valence-corrected chi connectivity index (χ3v) is 6.23. The van der Waals surface area contributed by atoms with Crippen LogP contribution in [0, 0.1) is 12.8 Å². The number of thioether (sulfide) groups is 1. The largest absolute Gasteiger partial charge is 0.497 e. The van der Waals surface area contributed by atoms with Crippen LogP contribution in [0.25, 0.3) is 5.69 Å². The number of nitrogens with one attached hydrogen (secondary N) is 1. The minimum Gasteiger partial charge on any atom is -0.497 e. The first-order valence-electron chi connectivity index (χ1n) is 10.8. The smallest absolute Gasteiger partial charge is 0.230 e. The van der Waals surface area contributed by atoms with E-state index in [1.807, 2.05) is 35.8 Å². The van der Waals surface area contributed by atoms with Crippen molar-refractivity contribution in [3.63, 3.8) is 0 Å². The zero-order chi connectivity index (χ0) is 22.2. The van der Waals surface area contributed by atoms with E-state index < -0.39 is 0 Å². The van der Waals surface area contributed by atoms with E-state index in [1.54, 1.807) is 7.11 Å². The molecule has 1 saturated heterocycles. The molecule has 3 rings (SSSR count). The molecule has 1 unspecified atom stereocenters. The molecular formula is C22H33N5O3S. The summed E-state index contributed by atoms with van der Waals surface area (Å²) in [4.78, 5) is 15.0. The fraction of sp³-hybridized carbons (Fsp3) is 0.591. The maximum Gasteiger partial charge on any atom is 0.230 e. The molecule has 9 heteroatoms. The molecule has 1 N–H and O–H groups in total. The Balaban J connectivity index is 1.56. The molecule has 0 radical (unpaired) electrons. The first-order chi connectivity index (χ1) is 15.0. The van der Waals surface area contributed by atoms with E-state index in [0.717, 1.165) is 50.0 Å². The van der Waals surface area contributed by atoms with Crippen LogP contribution in [0.15, 0.2) is 29.4 Å². The zero-order valence-electron chi connectivity index (χ0n) is 18.8. The third kappa shape index (κ3) is 6.69. The van der Waals surface area contributed by atoms with Crippen molar-refractivity contribution in [1.29, 1.82) is 0 Å². The lowest BCUT2D eigenvalue weighted by Gasteiger charge is -2.35. The van der Waals surface area contributed by atoms with Crippen molar-refractivity contribution in [3.05, 3.63) is 30.1 Å². The number of amides is 1. The second-order valence-corrected chi connectivity index (χ2v) is 9.03. The molecule has 1 aromatic heterocycles. The van der Waals surface area contributed by atoms with Gasteiger partial charge in [0.2, 0.25) is 5.91 Å². The summed E-state index contributed by atoms with van der Waals surface area (Å²) >= 11 is 1.39. The van der Waals surface area contributed by atoms with Crippen molar-refractivity contribution < 1.29 is 14.3 Å². The number of morpholine rings is 1. The number of ether oxygens (including phenoxy) is 2. The predicted molar refractivity (Wildman–Crippen MR) is 122 cm³/mol. The molecule has 0 aliphatic carbocycles. The second-order valence-electron chi connectivity index (χ2n) is 8.09. The average Bonchev–Trinajstić information content (AvgIpc) is 3.15. The maximum absolute atomic E-state index is 12.6. The summed E-state index contributed by atoms with van der Waals surface area (Å²) in [6.07, 6.45) is 1.05. The van der Waals surface area contributed by atoms with Gasteiger partial charge in [0.05, 0.1) is 26.1 Å². The van der Waals surface area contributed by atoms with Gasteiger partial charge in [-0.15, -0.1) is 10.2 Å². The first-order valence-corrected chi connectivity index (χ1v) is 11.7. The average molecular weight is 448 g/mol. The number of aryl methyl sites for hydroxylation is 1. The van der Waals surface area contributed by atoms with E-state index in [9.17, 15) is 4.79 Å². The Morgan fingerprint density at radius 2 is 1.94 bits per heavy atom. The molecule has 1 aromatic carbocycles. The summed E-state index contributed by atoms with van der Waals surface area (Å²) in [7, 11) is 1.64. The van der Waals surface area contributed by atoms with Crippen molar-refractivity contribution in [3.8, 4) is 11.4 Å². The topological polar surface area (TPSA) is 81.5 Å². The van der Waals surface area contributed by atoms with Crippen LogP contribution < -0.4 is 10.1 Å². The van der Waals surface area contributed by atoms with Gasteiger partial charge in [-0.3, -0.25) is 14.3 Å². The van der Waals surface area contributed by atoms with Gasteiger partial charge in [0.15, 0.2) is 5.16 Å². The minimum atomic E-state index is 0.00829. The van der Waals surface area contributed by atoms with E-state index in [0.29, 0.717) is 29.4 Å². The van der Waals surface area contributed by atoms with E-state index in [1.165, 1.54) is 11.8 Å². The second kappa shape index (κ2) is 11.5. The number of hydrogen-bond acceptors (Lipinski definition) is 7. The molecule has 2 heterocycles. The highest BCUT2D eigenvalue weighted by molar-refractivity contribution is 7.99. The molecule has 1 atom stereocenters. The van der Waals surface area contributed by atoms with E-state index >= 15 is 0 Å². The lowest BCUT2D eigenvalue weighted by molar-refractivity contribution is -0.118. The Morgan fingerprint density at radius 1 is 1.23 bits per heavy atom. The van der Waals surface area contributed by atoms with E-state index in [-0.39, 0.29) is 5.91 Å². The molecule has 1 aliphatic heterocycles. The molecule has 1 fully saturated rings. The van der Waals surface area contributed by atoms with Crippen LogP contribution in [0.5, 0.6) is 5.75 Å². The molecule has 2 aromatic rings. The van der Waals surface area contributed by atoms with Gasteiger partial charge in [0.1, 0.15) is 11.6 Å². The Bertz CT molecular complexity index is 834. The summed E-state index contributed by atoms with van der Waals surface area (Å²) in [6.45, 7) is 10.4. The van der Waals surface area contributed by atoms with Crippen LogP contribution in [-0.4, -0.2) is 77.3 Å². The molecule has 8 nitrogen and oxygen atoms in total. The first kappa shape index (κ1) is 23.6. The van der Waals surface area contributed by atoms with Crippen LogP contribution in [-0.2, 0) is 9.53 Å². The standard InChI is InChI=1S/C22H33N5O3S/c1-16(2)13-19(26-9-11-30-12-10-26)14-23-21(28)15-31-22-25-24-17(3)27(22)18-5-7-20(29-4)8-6-18/h5-8,16,19H,9-15H2,1-4H3,(H,23,28). The number of carbonyl (C=O) groups excluding carboxylic acids is 1. The summed E-state index contributed by atoms with van der Waals surface area (Å²) < 4.78 is 12.7. The number of carbonyl (C=O) groups is 1. The van der Waals surface area contributed by atoms with Gasteiger partial charge in [0, 0.05) is 31.4 Å². The van der Waals surface area contributed by atoms with Gasteiger partial charge < -0.3 is 14.8 Å². The lowest BCUT2D eigenvalue weighted by atomic mass is 10.0. The number of aromatic nitrogens is 3. The van der Waals surface area contributed by atoms with Crippen LogP contribution in [0.1, 0.15) is 26.1 Å². The number of rotatable bonds is 10. The monoisotopic (exact) mass is 447 g/mol. The molecule has 0 spiro atoms. The fourth-order valence-corrected chi connectivity index (χ4v) is 4.55. The quantitative estimate of drug-likeness (QED) is 0.561. The van der Waals surface area contributed by atoms with Gasteiger partial charge >= 0.3 is 0 Å². The summed E-state index contributed by atoms with van der Waals surface area (Å²) in [5.41, 5.74) is 0.940. The summed E-state index contributed by atoms with van der Waals surface area (Å²) in [6, 6.07) is 8.05. The maximum atomic E-state index is 12.6. The van der Waals surface area contributed by atoms with E-state index in [4.69, 9.17) is 9.47 Å². The van der Waals surface area contributed by atoms with Crippen LogP contribution >= 0.6 is 11.8 Å². The number of nitrogens with zero attached hydrogens (tertiary/aromatic N) is 4. The molecular weight excluding hydrogens is 414 g/mol.